The van der Waals surface area contributed by atoms with Crippen LogP contribution in [-0.4, -0.2) is 17.0 Å². The molecule has 2 aromatic rings. The number of thiophene rings is 1. The van der Waals surface area contributed by atoms with Crippen LogP contribution in [0.1, 0.15) is 36.5 Å². The standard InChI is InChI=1S/C13H15N3O3S/c1-2-3-6-9(17)15-13-10(12(14)18)11(16-19-13)8-5-4-7-20-8/h4-5,7H,2-3,6H2,1H3,(H2,14,18)(H,15,17). The molecular weight excluding hydrogens is 278 g/mol. The van der Waals surface area contributed by atoms with E-state index >= 15 is 0 Å². The fourth-order valence-corrected chi connectivity index (χ4v) is 2.42. The van der Waals surface area contributed by atoms with Crippen LogP contribution in [0, 0.1) is 0 Å². The lowest BCUT2D eigenvalue weighted by Crippen LogP contribution is -2.17. The molecule has 2 rings (SSSR count). The number of amides is 2. The Morgan fingerprint density at radius 3 is 2.90 bits per heavy atom. The van der Waals surface area contributed by atoms with Crippen LogP contribution in [0.3, 0.4) is 0 Å². The highest BCUT2D eigenvalue weighted by molar-refractivity contribution is 7.13. The van der Waals surface area contributed by atoms with Crippen LogP contribution in [0.4, 0.5) is 5.88 Å². The van der Waals surface area contributed by atoms with Crippen molar-refractivity contribution in [3.05, 3.63) is 23.1 Å². The maximum absolute atomic E-state index is 11.7. The average molecular weight is 293 g/mol. The number of anilines is 1. The number of carbonyl (C=O) groups excluding carboxylic acids is 2. The van der Waals surface area contributed by atoms with Gasteiger partial charge in [-0.1, -0.05) is 24.6 Å². The highest BCUT2D eigenvalue weighted by Crippen LogP contribution is 2.31. The molecule has 0 atom stereocenters. The second-order valence-electron chi connectivity index (χ2n) is 4.23. The number of carbonyl (C=O) groups is 2. The SMILES string of the molecule is CCCCC(=O)Nc1onc(-c2cccs2)c1C(N)=O. The summed E-state index contributed by atoms with van der Waals surface area (Å²) in [5.41, 5.74) is 5.82. The molecule has 6 nitrogen and oxygen atoms in total. The van der Waals surface area contributed by atoms with Gasteiger partial charge < -0.3 is 10.3 Å². The van der Waals surface area contributed by atoms with Gasteiger partial charge >= 0.3 is 0 Å². The van der Waals surface area contributed by atoms with Crippen molar-refractivity contribution in [2.24, 2.45) is 5.73 Å². The van der Waals surface area contributed by atoms with Crippen molar-refractivity contribution in [3.8, 4) is 10.6 Å². The van der Waals surface area contributed by atoms with E-state index in [0.29, 0.717) is 12.1 Å². The van der Waals surface area contributed by atoms with Gasteiger partial charge in [-0.2, -0.15) is 0 Å². The molecular formula is C13H15N3O3S. The predicted octanol–water partition coefficient (Wildman–Crippen LogP) is 2.63. The summed E-state index contributed by atoms with van der Waals surface area (Å²) < 4.78 is 5.06. The Balaban J connectivity index is 2.26. The van der Waals surface area contributed by atoms with Gasteiger partial charge in [-0.25, -0.2) is 0 Å². The van der Waals surface area contributed by atoms with Gasteiger partial charge in [0, 0.05) is 6.42 Å². The van der Waals surface area contributed by atoms with Gasteiger partial charge in [0.05, 0.1) is 4.88 Å². The third kappa shape index (κ3) is 3.05. The third-order valence-electron chi connectivity index (χ3n) is 2.70. The number of primary amides is 1. The topological polar surface area (TPSA) is 98.2 Å². The highest BCUT2D eigenvalue weighted by atomic mass is 32.1. The number of nitrogens with one attached hydrogen (secondary N) is 1. The molecule has 0 saturated heterocycles. The predicted molar refractivity (Wildman–Crippen MR) is 76.5 cm³/mol. The molecule has 0 aliphatic rings. The lowest BCUT2D eigenvalue weighted by atomic mass is 10.2. The molecule has 0 saturated carbocycles. The van der Waals surface area contributed by atoms with Crippen molar-refractivity contribution < 1.29 is 14.1 Å². The lowest BCUT2D eigenvalue weighted by molar-refractivity contribution is -0.116. The third-order valence-corrected chi connectivity index (χ3v) is 3.58. The molecule has 106 valence electrons. The summed E-state index contributed by atoms with van der Waals surface area (Å²) >= 11 is 1.41. The molecule has 3 N–H and O–H groups in total. The Labute approximate surface area is 119 Å². The molecule has 0 radical (unpaired) electrons. The first-order valence-electron chi connectivity index (χ1n) is 6.26. The van der Waals surface area contributed by atoms with Gasteiger partial charge in [0.1, 0.15) is 11.3 Å². The zero-order valence-corrected chi connectivity index (χ0v) is 11.8. The lowest BCUT2D eigenvalue weighted by Gasteiger charge is -2.02. The van der Waals surface area contributed by atoms with E-state index in [9.17, 15) is 9.59 Å². The Hall–Kier alpha value is -2.15. The van der Waals surface area contributed by atoms with E-state index in [2.05, 4.69) is 10.5 Å². The fourth-order valence-electron chi connectivity index (χ4n) is 1.71. The Morgan fingerprint density at radius 1 is 1.50 bits per heavy atom. The van der Waals surface area contributed by atoms with Crippen LogP contribution in [0.25, 0.3) is 10.6 Å². The van der Waals surface area contributed by atoms with E-state index in [1.165, 1.54) is 11.3 Å². The van der Waals surface area contributed by atoms with Gasteiger partial charge in [0.2, 0.25) is 11.8 Å². The van der Waals surface area contributed by atoms with E-state index in [1.807, 2.05) is 18.4 Å². The van der Waals surface area contributed by atoms with Crippen LogP contribution in [0.2, 0.25) is 0 Å². The van der Waals surface area contributed by atoms with Crippen molar-refractivity contribution in [2.45, 2.75) is 26.2 Å². The van der Waals surface area contributed by atoms with Crippen molar-refractivity contribution in [3.63, 3.8) is 0 Å². The van der Waals surface area contributed by atoms with Crippen LogP contribution < -0.4 is 11.1 Å². The molecule has 0 aromatic carbocycles. The van der Waals surface area contributed by atoms with Crippen molar-refractivity contribution in [2.75, 3.05) is 5.32 Å². The second kappa shape index (κ2) is 6.33. The molecule has 0 bridgehead atoms. The minimum Gasteiger partial charge on any atom is -0.365 e. The summed E-state index contributed by atoms with van der Waals surface area (Å²) in [6.45, 7) is 1.99. The van der Waals surface area contributed by atoms with E-state index in [1.54, 1.807) is 6.07 Å². The fraction of sp³-hybridized carbons (Fsp3) is 0.308. The van der Waals surface area contributed by atoms with Gasteiger partial charge in [-0.3, -0.25) is 14.9 Å². The molecule has 0 aliphatic carbocycles. The van der Waals surface area contributed by atoms with Gasteiger partial charge in [-0.05, 0) is 17.9 Å². The van der Waals surface area contributed by atoms with E-state index in [4.69, 9.17) is 10.3 Å². The maximum Gasteiger partial charge on any atom is 0.256 e. The number of aromatic nitrogens is 1. The molecule has 0 fully saturated rings. The summed E-state index contributed by atoms with van der Waals surface area (Å²) in [7, 11) is 0. The molecule has 20 heavy (non-hydrogen) atoms. The zero-order valence-electron chi connectivity index (χ0n) is 11.0. The van der Waals surface area contributed by atoms with Gasteiger partial charge in [-0.15, -0.1) is 11.3 Å². The van der Waals surface area contributed by atoms with E-state index < -0.39 is 5.91 Å². The van der Waals surface area contributed by atoms with Crippen LogP contribution in [-0.2, 0) is 4.79 Å². The monoisotopic (exact) mass is 293 g/mol. The zero-order chi connectivity index (χ0) is 14.5. The summed E-state index contributed by atoms with van der Waals surface area (Å²) in [6.07, 6.45) is 2.04. The Bertz CT molecular complexity index is 604. The van der Waals surface area contributed by atoms with Crippen molar-refractivity contribution in [1.82, 2.24) is 5.16 Å². The molecule has 2 amide bonds. The summed E-state index contributed by atoms with van der Waals surface area (Å²) in [5, 5.41) is 8.23. The molecule has 2 heterocycles. The first kappa shape index (κ1) is 14.3. The Morgan fingerprint density at radius 2 is 2.30 bits per heavy atom. The van der Waals surface area contributed by atoms with Crippen molar-refractivity contribution >= 4 is 29.0 Å². The molecule has 0 unspecified atom stereocenters. The number of hydrogen-bond acceptors (Lipinski definition) is 5. The minimum absolute atomic E-state index is 0.0157. The number of nitrogens with zero attached hydrogens (tertiary/aromatic N) is 1. The van der Waals surface area contributed by atoms with Crippen molar-refractivity contribution in [1.29, 1.82) is 0 Å². The smallest absolute Gasteiger partial charge is 0.256 e. The summed E-state index contributed by atoms with van der Waals surface area (Å²) in [4.78, 5) is 24.0. The quantitative estimate of drug-likeness (QED) is 0.855. The largest absolute Gasteiger partial charge is 0.365 e. The van der Waals surface area contributed by atoms with E-state index in [0.717, 1.165) is 17.7 Å². The number of nitrogens with two attached hydrogens (primary N) is 1. The van der Waals surface area contributed by atoms with Gasteiger partial charge in [0.25, 0.3) is 5.91 Å². The second-order valence-corrected chi connectivity index (χ2v) is 5.18. The minimum atomic E-state index is -0.680. The van der Waals surface area contributed by atoms with E-state index in [-0.39, 0.29) is 17.4 Å². The summed E-state index contributed by atoms with van der Waals surface area (Å²) in [6, 6.07) is 3.64. The number of unbranched alkanes of at least 4 members (excludes halogenated alkanes) is 1. The first-order valence-corrected chi connectivity index (χ1v) is 7.14. The number of rotatable bonds is 6. The first-order chi connectivity index (χ1) is 9.63. The molecule has 2 aromatic heterocycles. The Kier molecular flexibility index (Phi) is 4.52. The molecule has 0 aliphatic heterocycles. The highest BCUT2D eigenvalue weighted by Gasteiger charge is 2.23. The van der Waals surface area contributed by atoms with Crippen LogP contribution >= 0.6 is 11.3 Å². The normalized spacial score (nSPS) is 10.4. The summed E-state index contributed by atoms with van der Waals surface area (Å²) in [5.74, 6) is -0.884. The van der Waals surface area contributed by atoms with Gasteiger partial charge in [0.15, 0.2) is 0 Å². The average Bonchev–Trinajstić information content (AvgIpc) is 3.04. The van der Waals surface area contributed by atoms with Crippen LogP contribution in [0.15, 0.2) is 22.0 Å². The number of hydrogen-bond donors (Lipinski definition) is 2. The van der Waals surface area contributed by atoms with Crippen LogP contribution in [0.5, 0.6) is 0 Å². The maximum atomic E-state index is 11.7. The molecule has 7 heteroatoms. The molecule has 0 spiro atoms.